The van der Waals surface area contributed by atoms with Gasteiger partial charge in [-0.25, -0.2) is 4.79 Å². The SMILES string of the molecule is CCCCCCCC1OC(=O)C=C1c1ccc([N+](=O)[O-])cc1. The lowest BCUT2D eigenvalue weighted by atomic mass is 9.97. The van der Waals surface area contributed by atoms with E-state index < -0.39 is 4.92 Å². The number of nitrogens with zero attached hydrogens (tertiary/aromatic N) is 1. The first-order valence-corrected chi connectivity index (χ1v) is 7.79. The van der Waals surface area contributed by atoms with Crippen LogP contribution in [0.3, 0.4) is 0 Å². The number of nitro benzene ring substituents is 1. The zero-order chi connectivity index (χ0) is 15.9. The predicted molar refractivity (Wildman–Crippen MR) is 84.3 cm³/mol. The maximum atomic E-state index is 11.5. The van der Waals surface area contributed by atoms with Crippen LogP contribution in [0, 0.1) is 10.1 Å². The molecule has 1 atom stereocenters. The molecule has 0 bridgehead atoms. The third kappa shape index (κ3) is 4.16. The topological polar surface area (TPSA) is 69.4 Å². The molecular weight excluding hydrogens is 282 g/mol. The van der Waals surface area contributed by atoms with Gasteiger partial charge in [0, 0.05) is 23.8 Å². The van der Waals surface area contributed by atoms with Gasteiger partial charge in [0.25, 0.3) is 5.69 Å². The van der Waals surface area contributed by atoms with E-state index in [0.717, 1.165) is 30.4 Å². The van der Waals surface area contributed by atoms with Gasteiger partial charge in [0.05, 0.1) is 4.92 Å². The van der Waals surface area contributed by atoms with Gasteiger partial charge < -0.3 is 4.74 Å². The van der Waals surface area contributed by atoms with E-state index in [9.17, 15) is 14.9 Å². The number of rotatable bonds is 8. The molecule has 0 fully saturated rings. The predicted octanol–water partition coefficient (Wildman–Crippen LogP) is 4.26. The number of hydrogen-bond acceptors (Lipinski definition) is 4. The monoisotopic (exact) mass is 303 g/mol. The van der Waals surface area contributed by atoms with Gasteiger partial charge in [0.2, 0.25) is 0 Å². The molecule has 0 radical (unpaired) electrons. The summed E-state index contributed by atoms with van der Waals surface area (Å²) >= 11 is 0. The molecular formula is C17H21NO4. The number of non-ortho nitro benzene ring substituents is 1. The van der Waals surface area contributed by atoms with Gasteiger partial charge in [-0.15, -0.1) is 0 Å². The summed E-state index contributed by atoms with van der Waals surface area (Å²) in [6, 6.07) is 6.26. The van der Waals surface area contributed by atoms with Crippen LogP contribution in [-0.4, -0.2) is 17.0 Å². The van der Waals surface area contributed by atoms with Crippen LogP contribution in [-0.2, 0) is 9.53 Å². The fraction of sp³-hybridized carbons (Fsp3) is 0.471. The summed E-state index contributed by atoms with van der Waals surface area (Å²) in [5, 5.41) is 10.7. The Kier molecular flexibility index (Phi) is 5.69. The highest BCUT2D eigenvalue weighted by molar-refractivity contribution is 5.97. The Morgan fingerprint density at radius 1 is 1.14 bits per heavy atom. The Hall–Kier alpha value is -2.17. The van der Waals surface area contributed by atoms with Crippen molar-refractivity contribution in [1.29, 1.82) is 0 Å². The minimum atomic E-state index is -0.431. The van der Waals surface area contributed by atoms with E-state index >= 15 is 0 Å². The van der Waals surface area contributed by atoms with Gasteiger partial charge in [-0.05, 0) is 30.5 Å². The lowest BCUT2D eigenvalue weighted by Crippen LogP contribution is -2.11. The summed E-state index contributed by atoms with van der Waals surface area (Å²) in [5.41, 5.74) is 1.69. The first-order valence-electron chi connectivity index (χ1n) is 7.79. The molecule has 1 aliphatic rings. The van der Waals surface area contributed by atoms with Crippen molar-refractivity contribution in [3.8, 4) is 0 Å². The summed E-state index contributed by atoms with van der Waals surface area (Å²) in [6.45, 7) is 2.17. The molecule has 22 heavy (non-hydrogen) atoms. The smallest absolute Gasteiger partial charge is 0.331 e. The van der Waals surface area contributed by atoms with Crippen LogP contribution in [0.2, 0.25) is 0 Å². The number of hydrogen-bond donors (Lipinski definition) is 0. The molecule has 0 spiro atoms. The van der Waals surface area contributed by atoms with E-state index in [1.165, 1.54) is 37.5 Å². The van der Waals surface area contributed by atoms with Crippen molar-refractivity contribution in [1.82, 2.24) is 0 Å². The quantitative estimate of drug-likeness (QED) is 0.311. The Labute approximate surface area is 130 Å². The molecule has 118 valence electrons. The summed E-state index contributed by atoms with van der Waals surface area (Å²) in [5.74, 6) is -0.327. The lowest BCUT2D eigenvalue weighted by Gasteiger charge is -2.14. The molecule has 0 aromatic heterocycles. The highest BCUT2D eigenvalue weighted by atomic mass is 16.6. The van der Waals surface area contributed by atoms with E-state index in [4.69, 9.17) is 4.74 Å². The second kappa shape index (κ2) is 7.73. The molecule has 1 aromatic rings. The molecule has 1 aromatic carbocycles. The van der Waals surface area contributed by atoms with E-state index in [1.54, 1.807) is 12.1 Å². The molecule has 0 saturated carbocycles. The van der Waals surface area contributed by atoms with Crippen molar-refractivity contribution in [3.05, 3.63) is 46.0 Å². The van der Waals surface area contributed by atoms with Crippen LogP contribution in [0.15, 0.2) is 30.3 Å². The van der Waals surface area contributed by atoms with Crippen LogP contribution >= 0.6 is 0 Å². The fourth-order valence-electron chi connectivity index (χ4n) is 2.65. The number of ether oxygens (including phenoxy) is 1. The van der Waals surface area contributed by atoms with Crippen molar-refractivity contribution >= 4 is 17.2 Å². The van der Waals surface area contributed by atoms with Crippen molar-refractivity contribution < 1.29 is 14.5 Å². The maximum absolute atomic E-state index is 11.5. The molecule has 0 N–H and O–H groups in total. The number of carbonyl (C=O) groups excluding carboxylic acids is 1. The van der Waals surface area contributed by atoms with Crippen molar-refractivity contribution in [2.24, 2.45) is 0 Å². The Bertz CT molecular complexity index is 563. The second-order valence-electron chi connectivity index (χ2n) is 5.53. The van der Waals surface area contributed by atoms with Gasteiger partial charge in [0.1, 0.15) is 6.10 Å². The number of carbonyl (C=O) groups is 1. The van der Waals surface area contributed by atoms with E-state index in [2.05, 4.69) is 6.92 Å². The largest absolute Gasteiger partial charge is 0.454 e. The van der Waals surface area contributed by atoms with Crippen molar-refractivity contribution in [2.45, 2.75) is 51.6 Å². The van der Waals surface area contributed by atoms with Crippen LogP contribution in [0.5, 0.6) is 0 Å². The lowest BCUT2D eigenvalue weighted by molar-refractivity contribution is -0.384. The average molecular weight is 303 g/mol. The molecule has 2 rings (SSSR count). The first kappa shape index (κ1) is 16.2. The number of unbranched alkanes of at least 4 members (excludes halogenated alkanes) is 4. The summed E-state index contributed by atoms with van der Waals surface area (Å²) in [7, 11) is 0. The number of nitro groups is 1. The van der Waals surface area contributed by atoms with Gasteiger partial charge in [-0.2, -0.15) is 0 Å². The third-order valence-electron chi connectivity index (χ3n) is 3.86. The molecule has 5 heteroatoms. The van der Waals surface area contributed by atoms with Gasteiger partial charge in [-0.3, -0.25) is 10.1 Å². The average Bonchev–Trinajstić information content (AvgIpc) is 2.88. The van der Waals surface area contributed by atoms with Crippen molar-refractivity contribution in [2.75, 3.05) is 0 Å². The summed E-state index contributed by atoms with van der Waals surface area (Å²) in [6.07, 6.45) is 7.86. The molecule has 1 unspecified atom stereocenters. The second-order valence-corrected chi connectivity index (χ2v) is 5.53. The molecule has 0 aliphatic carbocycles. The van der Waals surface area contributed by atoms with Crippen LogP contribution in [0.1, 0.15) is 51.0 Å². The van der Waals surface area contributed by atoms with Gasteiger partial charge in [0.15, 0.2) is 0 Å². The summed E-state index contributed by atoms with van der Waals surface area (Å²) in [4.78, 5) is 21.8. The molecule has 0 amide bonds. The Balaban J connectivity index is 1.99. The zero-order valence-electron chi connectivity index (χ0n) is 12.8. The van der Waals surface area contributed by atoms with Crippen molar-refractivity contribution in [3.63, 3.8) is 0 Å². The maximum Gasteiger partial charge on any atom is 0.331 e. The Morgan fingerprint density at radius 2 is 1.82 bits per heavy atom. The minimum absolute atomic E-state index is 0.0470. The number of benzene rings is 1. The first-order chi connectivity index (χ1) is 10.6. The third-order valence-corrected chi connectivity index (χ3v) is 3.86. The van der Waals surface area contributed by atoms with Gasteiger partial charge in [-0.1, -0.05) is 32.6 Å². The van der Waals surface area contributed by atoms with E-state index in [-0.39, 0.29) is 17.8 Å². The fourth-order valence-corrected chi connectivity index (χ4v) is 2.65. The highest BCUT2D eigenvalue weighted by Crippen LogP contribution is 2.30. The number of esters is 1. The molecule has 0 saturated heterocycles. The number of cyclic esters (lactones) is 1. The van der Waals surface area contributed by atoms with E-state index in [1.807, 2.05) is 0 Å². The van der Waals surface area contributed by atoms with Gasteiger partial charge >= 0.3 is 5.97 Å². The standard InChI is InChI=1S/C17H21NO4/c1-2-3-4-5-6-7-16-15(12-17(19)22-16)13-8-10-14(11-9-13)18(20)21/h8-12,16H,2-7H2,1H3. The van der Waals surface area contributed by atoms with Crippen LogP contribution in [0.25, 0.3) is 5.57 Å². The normalized spacial score (nSPS) is 17.2. The minimum Gasteiger partial charge on any atom is -0.454 e. The molecule has 1 heterocycles. The zero-order valence-corrected chi connectivity index (χ0v) is 12.8. The van der Waals surface area contributed by atoms with Crippen LogP contribution < -0.4 is 0 Å². The summed E-state index contributed by atoms with van der Waals surface area (Å²) < 4.78 is 5.35. The molecule has 5 nitrogen and oxygen atoms in total. The van der Waals surface area contributed by atoms with E-state index in [0.29, 0.717) is 0 Å². The molecule has 1 aliphatic heterocycles. The highest BCUT2D eigenvalue weighted by Gasteiger charge is 2.27. The Morgan fingerprint density at radius 3 is 2.45 bits per heavy atom. The van der Waals surface area contributed by atoms with Crippen LogP contribution in [0.4, 0.5) is 5.69 Å².